The van der Waals surface area contributed by atoms with E-state index in [2.05, 4.69) is 12.2 Å². The first kappa shape index (κ1) is 13.6. The number of benzene rings is 1. The molecule has 0 aliphatic rings. The number of nitrogens with one attached hydrogen (secondary N) is 1. The van der Waals surface area contributed by atoms with E-state index in [9.17, 15) is 0 Å². The Hall–Kier alpha value is -1.42. The smallest absolute Gasteiger partial charge is 0.142 e. The van der Waals surface area contributed by atoms with E-state index in [1.54, 1.807) is 21.3 Å². The van der Waals surface area contributed by atoms with Crippen LogP contribution >= 0.6 is 0 Å². The van der Waals surface area contributed by atoms with Crippen LogP contribution in [-0.4, -0.2) is 34.0 Å². The monoisotopic (exact) mass is 239 g/mol. The van der Waals surface area contributed by atoms with E-state index >= 15 is 0 Å². The standard InChI is InChI=1S/C13H21NO3/c1-10(7-8-15-2)14-12-9-11(16-3)5-6-13(12)17-4/h5-6,9-10,14H,7-8H2,1-4H3. The van der Waals surface area contributed by atoms with Gasteiger partial charge in [-0.1, -0.05) is 0 Å². The van der Waals surface area contributed by atoms with E-state index in [0.717, 1.165) is 30.2 Å². The van der Waals surface area contributed by atoms with Gasteiger partial charge in [-0.15, -0.1) is 0 Å². The summed E-state index contributed by atoms with van der Waals surface area (Å²) in [4.78, 5) is 0. The minimum atomic E-state index is 0.316. The predicted molar refractivity (Wildman–Crippen MR) is 69.1 cm³/mol. The molecule has 0 bridgehead atoms. The lowest BCUT2D eigenvalue weighted by molar-refractivity contribution is 0.191. The molecule has 0 aromatic heterocycles. The van der Waals surface area contributed by atoms with Crippen molar-refractivity contribution in [1.29, 1.82) is 0 Å². The maximum atomic E-state index is 5.30. The van der Waals surface area contributed by atoms with Crippen molar-refractivity contribution in [2.75, 3.05) is 33.3 Å². The molecule has 4 heteroatoms. The van der Waals surface area contributed by atoms with Crippen LogP contribution in [0.15, 0.2) is 18.2 Å². The highest BCUT2D eigenvalue weighted by Crippen LogP contribution is 2.29. The van der Waals surface area contributed by atoms with Crippen molar-refractivity contribution in [3.8, 4) is 11.5 Å². The summed E-state index contributed by atoms with van der Waals surface area (Å²) in [5.74, 6) is 1.63. The third-order valence-corrected chi connectivity index (χ3v) is 2.56. The molecular weight excluding hydrogens is 218 g/mol. The number of hydrogen-bond acceptors (Lipinski definition) is 4. The van der Waals surface area contributed by atoms with Crippen LogP contribution < -0.4 is 14.8 Å². The SMILES string of the molecule is COCCC(C)Nc1cc(OC)ccc1OC. The maximum Gasteiger partial charge on any atom is 0.142 e. The summed E-state index contributed by atoms with van der Waals surface area (Å²) in [6.45, 7) is 2.85. The van der Waals surface area contributed by atoms with Gasteiger partial charge in [0.25, 0.3) is 0 Å². The Balaban J connectivity index is 2.72. The molecule has 0 saturated carbocycles. The second kappa shape index (κ2) is 7.01. The third kappa shape index (κ3) is 4.15. The van der Waals surface area contributed by atoms with Crippen molar-refractivity contribution in [3.63, 3.8) is 0 Å². The molecule has 0 heterocycles. The van der Waals surface area contributed by atoms with Crippen LogP contribution in [0.5, 0.6) is 11.5 Å². The van der Waals surface area contributed by atoms with Gasteiger partial charge in [0, 0.05) is 25.8 Å². The summed E-state index contributed by atoms with van der Waals surface area (Å²) < 4.78 is 15.6. The Kier molecular flexibility index (Phi) is 5.63. The molecule has 96 valence electrons. The van der Waals surface area contributed by atoms with Gasteiger partial charge in [0.05, 0.1) is 19.9 Å². The van der Waals surface area contributed by atoms with Crippen LogP contribution in [0.4, 0.5) is 5.69 Å². The molecule has 1 rings (SSSR count). The zero-order chi connectivity index (χ0) is 12.7. The predicted octanol–water partition coefficient (Wildman–Crippen LogP) is 2.54. The van der Waals surface area contributed by atoms with E-state index in [1.165, 1.54) is 0 Å². The molecule has 0 fully saturated rings. The third-order valence-electron chi connectivity index (χ3n) is 2.56. The molecule has 0 radical (unpaired) electrons. The molecule has 0 amide bonds. The van der Waals surface area contributed by atoms with Crippen molar-refractivity contribution in [3.05, 3.63) is 18.2 Å². The summed E-state index contributed by atoms with van der Waals surface area (Å²) in [6, 6.07) is 6.02. The molecule has 1 unspecified atom stereocenters. The first-order chi connectivity index (χ1) is 8.21. The van der Waals surface area contributed by atoms with Gasteiger partial charge >= 0.3 is 0 Å². The Morgan fingerprint density at radius 1 is 1.18 bits per heavy atom. The molecule has 1 N–H and O–H groups in total. The van der Waals surface area contributed by atoms with Crippen LogP contribution in [0.2, 0.25) is 0 Å². The van der Waals surface area contributed by atoms with E-state index in [0.29, 0.717) is 6.04 Å². The van der Waals surface area contributed by atoms with Crippen molar-refractivity contribution in [1.82, 2.24) is 0 Å². The number of ether oxygens (including phenoxy) is 3. The van der Waals surface area contributed by atoms with Crippen LogP contribution in [0.1, 0.15) is 13.3 Å². The van der Waals surface area contributed by atoms with Crippen molar-refractivity contribution >= 4 is 5.69 Å². The lowest BCUT2D eigenvalue weighted by Crippen LogP contribution is -2.17. The van der Waals surface area contributed by atoms with Crippen LogP contribution in [0.3, 0.4) is 0 Å². The second-order valence-corrected chi connectivity index (χ2v) is 3.89. The fraction of sp³-hybridized carbons (Fsp3) is 0.538. The van der Waals surface area contributed by atoms with Gasteiger partial charge in [-0.3, -0.25) is 0 Å². The summed E-state index contributed by atoms with van der Waals surface area (Å²) >= 11 is 0. The van der Waals surface area contributed by atoms with Crippen molar-refractivity contribution in [2.24, 2.45) is 0 Å². The zero-order valence-electron chi connectivity index (χ0n) is 10.9. The minimum Gasteiger partial charge on any atom is -0.497 e. The normalized spacial score (nSPS) is 12.0. The maximum absolute atomic E-state index is 5.30. The lowest BCUT2D eigenvalue weighted by Gasteiger charge is -2.17. The molecule has 0 aliphatic carbocycles. The van der Waals surface area contributed by atoms with Crippen molar-refractivity contribution in [2.45, 2.75) is 19.4 Å². The highest BCUT2D eigenvalue weighted by molar-refractivity contribution is 5.60. The van der Waals surface area contributed by atoms with Crippen molar-refractivity contribution < 1.29 is 14.2 Å². The number of rotatable bonds is 7. The van der Waals surface area contributed by atoms with Gasteiger partial charge in [-0.2, -0.15) is 0 Å². The zero-order valence-corrected chi connectivity index (χ0v) is 10.9. The summed E-state index contributed by atoms with van der Waals surface area (Å²) in [6.07, 6.45) is 0.941. The first-order valence-electron chi connectivity index (χ1n) is 5.68. The fourth-order valence-electron chi connectivity index (χ4n) is 1.56. The molecule has 0 aliphatic heterocycles. The van der Waals surface area contributed by atoms with E-state index < -0.39 is 0 Å². The number of anilines is 1. The quantitative estimate of drug-likeness (QED) is 0.793. The molecule has 1 aromatic rings. The van der Waals surface area contributed by atoms with E-state index in [-0.39, 0.29) is 0 Å². The minimum absolute atomic E-state index is 0.316. The van der Waals surface area contributed by atoms with Gasteiger partial charge in [0.1, 0.15) is 11.5 Å². The summed E-state index contributed by atoms with van der Waals surface area (Å²) in [5.41, 5.74) is 0.940. The van der Waals surface area contributed by atoms with Crippen LogP contribution in [0, 0.1) is 0 Å². The first-order valence-corrected chi connectivity index (χ1v) is 5.68. The van der Waals surface area contributed by atoms with Gasteiger partial charge in [-0.25, -0.2) is 0 Å². The average Bonchev–Trinajstić information content (AvgIpc) is 2.36. The van der Waals surface area contributed by atoms with Gasteiger partial charge in [0.2, 0.25) is 0 Å². The molecular formula is C13H21NO3. The second-order valence-electron chi connectivity index (χ2n) is 3.89. The molecule has 4 nitrogen and oxygen atoms in total. The fourth-order valence-corrected chi connectivity index (χ4v) is 1.56. The molecule has 17 heavy (non-hydrogen) atoms. The lowest BCUT2D eigenvalue weighted by atomic mass is 10.2. The Bertz CT molecular complexity index is 341. The molecule has 0 saturated heterocycles. The van der Waals surface area contributed by atoms with Gasteiger partial charge < -0.3 is 19.5 Å². The highest BCUT2D eigenvalue weighted by Gasteiger charge is 2.08. The highest BCUT2D eigenvalue weighted by atomic mass is 16.5. The molecule has 0 spiro atoms. The van der Waals surface area contributed by atoms with E-state index in [1.807, 2.05) is 18.2 Å². The van der Waals surface area contributed by atoms with Crippen LogP contribution in [-0.2, 0) is 4.74 Å². The number of methoxy groups -OCH3 is 3. The largest absolute Gasteiger partial charge is 0.497 e. The summed E-state index contributed by atoms with van der Waals surface area (Å²) in [5, 5.41) is 3.39. The van der Waals surface area contributed by atoms with Gasteiger partial charge in [0.15, 0.2) is 0 Å². The van der Waals surface area contributed by atoms with Gasteiger partial charge in [-0.05, 0) is 25.5 Å². The molecule has 1 aromatic carbocycles. The number of hydrogen-bond donors (Lipinski definition) is 1. The summed E-state index contributed by atoms with van der Waals surface area (Å²) in [7, 11) is 5.02. The Morgan fingerprint density at radius 3 is 2.53 bits per heavy atom. The average molecular weight is 239 g/mol. The molecule has 1 atom stereocenters. The Morgan fingerprint density at radius 2 is 1.94 bits per heavy atom. The Labute approximate surface area is 103 Å². The van der Waals surface area contributed by atoms with E-state index in [4.69, 9.17) is 14.2 Å². The van der Waals surface area contributed by atoms with Crippen LogP contribution in [0.25, 0.3) is 0 Å². The topological polar surface area (TPSA) is 39.7 Å².